The predicted octanol–water partition coefficient (Wildman–Crippen LogP) is 3.15. The van der Waals surface area contributed by atoms with E-state index in [0.717, 1.165) is 16.4 Å². The van der Waals surface area contributed by atoms with Crippen LogP contribution in [0, 0.1) is 0 Å². The Labute approximate surface area is 121 Å². The Morgan fingerprint density at radius 2 is 1.76 bits per heavy atom. The summed E-state index contributed by atoms with van der Waals surface area (Å²) in [6.45, 7) is 3.53. The molecular weight excluding hydrogens is 268 g/mol. The lowest BCUT2D eigenvalue weighted by Gasteiger charge is -2.40. The Morgan fingerprint density at radius 1 is 1.00 bits per heavy atom. The molecule has 0 fully saturated rings. The van der Waals surface area contributed by atoms with Gasteiger partial charge < -0.3 is 19.4 Å². The zero-order valence-electron chi connectivity index (χ0n) is 11.8. The summed E-state index contributed by atoms with van der Waals surface area (Å²) in [4.78, 5) is 0. The van der Waals surface area contributed by atoms with Crippen molar-refractivity contribution in [3.8, 4) is 5.75 Å². The van der Waals surface area contributed by atoms with Crippen LogP contribution in [0.15, 0.2) is 40.8 Å². The zero-order chi connectivity index (χ0) is 14.8. The third-order valence-electron chi connectivity index (χ3n) is 4.22. The summed E-state index contributed by atoms with van der Waals surface area (Å²) >= 11 is 0. The Bertz CT molecular complexity index is 846. The van der Waals surface area contributed by atoms with E-state index >= 15 is 0 Å². The molecule has 21 heavy (non-hydrogen) atoms. The third-order valence-corrected chi connectivity index (χ3v) is 4.22. The first-order chi connectivity index (χ1) is 9.99. The van der Waals surface area contributed by atoms with Gasteiger partial charge in [0, 0.05) is 16.3 Å². The molecular formula is C17H16O4. The van der Waals surface area contributed by atoms with E-state index in [1.54, 1.807) is 19.9 Å². The van der Waals surface area contributed by atoms with E-state index in [9.17, 15) is 10.2 Å². The molecule has 2 heterocycles. The van der Waals surface area contributed by atoms with E-state index in [1.807, 2.05) is 30.3 Å². The van der Waals surface area contributed by atoms with Crippen molar-refractivity contribution in [3.05, 3.63) is 42.0 Å². The maximum atomic E-state index is 10.6. The smallest absolute Gasteiger partial charge is 0.136 e. The number of hydrogen-bond acceptors (Lipinski definition) is 4. The van der Waals surface area contributed by atoms with E-state index in [2.05, 4.69) is 0 Å². The fourth-order valence-corrected chi connectivity index (χ4v) is 3.09. The van der Waals surface area contributed by atoms with Crippen LogP contribution in [-0.4, -0.2) is 21.9 Å². The molecule has 1 aliphatic heterocycles. The van der Waals surface area contributed by atoms with E-state index < -0.39 is 17.8 Å². The van der Waals surface area contributed by atoms with Crippen LogP contribution in [0.2, 0.25) is 0 Å². The van der Waals surface area contributed by atoms with Crippen molar-refractivity contribution in [1.82, 2.24) is 0 Å². The number of ether oxygens (including phenoxy) is 1. The number of furan rings is 1. The van der Waals surface area contributed by atoms with Gasteiger partial charge in [-0.1, -0.05) is 18.2 Å². The van der Waals surface area contributed by atoms with Crippen molar-refractivity contribution in [2.75, 3.05) is 0 Å². The lowest BCUT2D eigenvalue weighted by molar-refractivity contribution is -0.111. The van der Waals surface area contributed by atoms with Crippen LogP contribution in [0.5, 0.6) is 5.75 Å². The van der Waals surface area contributed by atoms with Crippen LogP contribution < -0.4 is 4.74 Å². The minimum Gasteiger partial charge on any atom is -0.485 e. The number of benzene rings is 2. The quantitative estimate of drug-likeness (QED) is 0.665. The highest BCUT2D eigenvalue weighted by molar-refractivity contribution is 6.07. The highest BCUT2D eigenvalue weighted by atomic mass is 16.5. The van der Waals surface area contributed by atoms with Gasteiger partial charge in [-0.25, -0.2) is 0 Å². The van der Waals surface area contributed by atoms with Gasteiger partial charge in [-0.05, 0) is 32.0 Å². The fraction of sp³-hybridized carbons (Fsp3) is 0.294. The molecule has 0 saturated carbocycles. The summed E-state index contributed by atoms with van der Waals surface area (Å²) in [5.74, 6) is 0.594. The van der Waals surface area contributed by atoms with E-state index in [-0.39, 0.29) is 0 Å². The van der Waals surface area contributed by atoms with E-state index in [0.29, 0.717) is 16.9 Å². The third kappa shape index (κ3) is 1.63. The first-order valence-electron chi connectivity index (χ1n) is 6.98. The summed E-state index contributed by atoms with van der Waals surface area (Å²) in [6.07, 6.45) is -2.00. The number of aliphatic hydroxyl groups is 2. The van der Waals surface area contributed by atoms with Crippen molar-refractivity contribution >= 4 is 21.9 Å². The van der Waals surface area contributed by atoms with Crippen molar-refractivity contribution < 1.29 is 19.4 Å². The maximum absolute atomic E-state index is 10.6. The van der Waals surface area contributed by atoms with Gasteiger partial charge >= 0.3 is 0 Å². The maximum Gasteiger partial charge on any atom is 0.136 e. The minimum absolute atomic E-state index is 0.594. The van der Waals surface area contributed by atoms with E-state index in [4.69, 9.17) is 9.15 Å². The van der Waals surface area contributed by atoms with Crippen LogP contribution in [0.4, 0.5) is 0 Å². The lowest BCUT2D eigenvalue weighted by Crippen LogP contribution is -2.48. The highest BCUT2D eigenvalue weighted by Crippen LogP contribution is 2.46. The van der Waals surface area contributed by atoms with Crippen molar-refractivity contribution in [3.63, 3.8) is 0 Å². The molecule has 0 amide bonds. The standard InChI is InChI=1S/C17H16O4/c1-17(2)16(19)15(18)14-12(21-17)8-7-11-13(14)9-5-3-4-6-10(9)20-11/h3-8,15-16,18-19H,1-2H3/t15-,16+/m0/s1. The summed E-state index contributed by atoms with van der Waals surface area (Å²) in [6, 6.07) is 11.3. The van der Waals surface area contributed by atoms with Gasteiger partial charge in [0.25, 0.3) is 0 Å². The fourth-order valence-electron chi connectivity index (χ4n) is 3.09. The topological polar surface area (TPSA) is 62.8 Å². The average molecular weight is 284 g/mol. The number of aliphatic hydroxyl groups excluding tert-OH is 2. The second-order valence-corrected chi connectivity index (χ2v) is 6.04. The first-order valence-corrected chi connectivity index (χ1v) is 6.98. The molecule has 4 rings (SSSR count). The summed E-state index contributed by atoms with van der Waals surface area (Å²) in [5, 5.41) is 22.6. The molecule has 0 unspecified atom stereocenters. The molecule has 0 spiro atoms. The largest absolute Gasteiger partial charge is 0.485 e. The summed E-state index contributed by atoms with van der Waals surface area (Å²) in [7, 11) is 0. The summed E-state index contributed by atoms with van der Waals surface area (Å²) in [5.41, 5.74) is 1.21. The number of para-hydroxylation sites is 1. The van der Waals surface area contributed by atoms with Crippen molar-refractivity contribution in [2.24, 2.45) is 0 Å². The van der Waals surface area contributed by atoms with Gasteiger partial charge in [0.2, 0.25) is 0 Å². The number of rotatable bonds is 0. The first kappa shape index (κ1) is 12.7. The van der Waals surface area contributed by atoms with Crippen LogP contribution in [0.1, 0.15) is 25.5 Å². The van der Waals surface area contributed by atoms with Crippen LogP contribution >= 0.6 is 0 Å². The van der Waals surface area contributed by atoms with Crippen molar-refractivity contribution in [2.45, 2.75) is 31.7 Å². The molecule has 0 bridgehead atoms. The Morgan fingerprint density at radius 3 is 2.57 bits per heavy atom. The molecule has 0 aliphatic carbocycles. The second kappa shape index (κ2) is 4.00. The SMILES string of the molecule is CC1(C)Oc2ccc3oc4ccccc4c3c2[C@H](O)[C@H]1O. The molecule has 2 N–H and O–H groups in total. The molecule has 1 aliphatic rings. The van der Waals surface area contributed by atoms with Gasteiger partial charge in [0.15, 0.2) is 0 Å². The molecule has 3 aromatic rings. The van der Waals surface area contributed by atoms with Gasteiger partial charge in [-0.3, -0.25) is 0 Å². The highest BCUT2D eigenvalue weighted by Gasteiger charge is 2.43. The molecule has 4 heteroatoms. The molecule has 0 radical (unpaired) electrons. The van der Waals surface area contributed by atoms with Crippen molar-refractivity contribution in [1.29, 1.82) is 0 Å². The number of hydrogen-bond donors (Lipinski definition) is 2. The lowest BCUT2D eigenvalue weighted by atomic mass is 9.86. The monoisotopic (exact) mass is 284 g/mol. The molecule has 2 aromatic carbocycles. The van der Waals surface area contributed by atoms with Gasteiger partial charge in [0.05, 0.1) is 0 Å². The Balaban J connectivity index is 2.11. The van der Waals surface area contributed by atoms with Gasteiger partial charge in [-0.2, -0.15) is 0 Å². The molecule has 1 aromatic heterocycles. The van der Waals surface area contributed by atoms with Gasteiger partial charge in [0.1, 0.15) is 34.7 Å². The Kier molecular flexibility index (Phi) is 2.41. The normalized spacial score (nSPS) is 24.0. The van der Waals surface area contributed by atoms with Crippen LogP contribution in [-0.2, 0) is 0 Å². The molecule has 0 saturated heterocycles. The average Bonchev–Trinajstić information content (AvgIpc) is 2.83. The van der Waals surface area contributed by atoms with E-state index in [1.165, 1.54) is 0 Å². The molecule has 4 nitrogen and oxygen atoms in total. The second-order valence-electron chi connectivity index (χ2n) is 6.04. The predicted molar refractivity (Wildman–Crippen MR) is 79.4 cm³/mol. The van der Waals surface area contributed by atoms with Gasteiger partial charge in [-0.15, -0.1) is 0 Å². The zero-order valence-corrected chi connectivity index (χ0v) is 11.8. The van der Waals surface area contributed by atoms with Crippen LogP contribution in [0.25, 0.3) is 21.9 Å². The molecule has 2 atom stereocenters. The number of fused-ring (bicyclic) bond motifs is 5. The Hall–Kier alpha value is -2.04. The summed E-state index contributed by atoms with van der Waals surface area (Å²) < 4.78 is 11.7. The van der Waals surface area contributed by atoms with Crippen LogP contribution in [0.3, 0.4) is 0 Å². The minimum atomic E-state index is -1.01. The molecule has 108 valence electrons.